The van der Waals surface area contributed by atoms with Gasteiger partial charge in [-0.1, -0.05) is 45.0 Å². The van der Waals surface area contributed by atoms with Gasteiger partial charge in [-0.05, 0) is 31.0 Å². The van der Waals surface area contributed by atoms with Crippen LogP contribution in [0.15, 0.2) is 23.4 Å². The molecule has 16 heavy (non-hydrogen) atoms. The molecule has 0 bridgehead atoms. The maximum Gasteiger partial charge on any atom is 0.170 e. The van der Waals surface area contributed by atoms with Gasteiger partial charge >= 0.3 is 0 Å². The fourth-order valence-electron chi connectivity index (χ4n) is 0.958. The normalized spacial score (nSPS) is 9.50. The van der Waals surface area contributed by atoms with E-state index in [1.54, 1.807) is 0 Å². The topological polar surface area (TPSA) is 58.6 Å². The average molecular weight is 224 g/mol. The van der Waals surface area contributed by atoms with Crippen molar-refractivity contribution in [3.63, 3.8) is 0 Å². The second-order valence-corrected chi connectivity index (χ2v) is 2.78. The molecule has 0 heterocycles. The van der Waals surface area contributed by atoms with Gasteiger partial charge in [-0.15, -0.1) is 0 Å². The molecule has 3 heteroatoms. The van der Waals surface area contributed by atoms with Crippen LogP contribution in [0.3, 0.4) is 0 Å². The fraction of sp³-hybridized carbons (Fsp3) is 0.462. The first-order chi connectivity index (χ1) is 7.65. The molecule has 1 aromatic carbocycles. The van der Waals surface area contributed by atoms with Crippen LogP contribution in [0.25, 0.3) is 0 Å². The van der Waals surface area contributed by atoms with E-state index < -0.39 is 0 Å². The van der Waals surface area contributed by atoms with Crippen LogP contribution in [0.2, 0.25) is 0 Å². The number of hydrogen-bond acceptors (Lipinski definition) is 2. The number of nitrogens with zero attached hydrogens (tertiary/aromatic N) is 1. The van der Waals surface area contributed by atoms with Crippen molar-refractivity contribution in [2.75, 3.05) is 0 Å². The number of rotatable bonds is 1. The summed E-state index contributed by atoms with van der Waals surface area (Å²) in [6.45, 7) is 12.0. The second kappa shape index (κ2) is 10.0. The van der Waals surface area contributed by atoms with E-state index in [2.05, 4.69) is 5.16 Å². The summed E-state index contributed by atoms with van der Waals surface area (Å²) in [5.41, 5.74) is 8.50. The summed E-state index contributed by atoms with van der Waals surface area (Å²) < 4.78 is 0. The molecule has 0 saturated carbocycles. The first-order valence-electron chi connectivity index (χ1n) is 5.70. The van der Waals surface area contributed by atoms with Crippen LogP contribution in [0.5, 0.6) is 0 Å². The summed E-state index contributed by atoms with van der Waals surface area (Å²) in [6, 6.07) is 5.67. The Bertz CT molecular complexity index is 320. The van der Waals surface area contributed by atoms with Gasteiger partial charge in [-0.2, -0.15) is 0 Å². The summed E-state index contributed by atoms with van der Waals surface area (Å²) in [5.74, 6) is 0.151. The maximum absolute atomic E-state index is 8.41. The highest BCUT2D eigenvalue weighted by atomic mass is 16.4. The van der Waals surface area contributed by atoms with E-state index in [-0.39, 0.29) is 5.84 Å². The van der Waals surface area contributed by atoms with Crippen molar-refractivity contribution in [1.82, 2.24) is 0 Å². The lowest BCUT2D eigenvalue weighted by molar-refractivity contribution is 0.318. The van der Waals surface area contributed by atoms with E-state index in [1.165, 1.54) is 5.56 Å². The number of nitrogens with two attached hydrogens (primary N) is 1. The van der Waals surface area contributed by atoms with E-state index in [1.807, 2.05) is 59.7 Å². The minimum Gasteiger partial charge on any atom is -0.409 e. The van der Waals surface area contributed by atoms with E-state index in [9.17, 15) is 0 Å². The molecular weight excluding hydrogens is 200 g/mol. The molecule has 0 aliphatic carbocycles. The van der Waals surface area contributed by atoms with Crippen molar-refractivity contribution in [2.24, 2.45) is 10.9 Å². The van der Waals surface area contributed by atoms with Gasteiger partial charge in [0.2, 0.25) is 0 Å². The van der Waals surface area contributed by atoms with Crippen molar-refractivity contribution in [1.29, 1.82) is 0 Å². The Hall–Kier alpha value is -1.51. The summed E-state index contributed by atoms with van der Waals surface area (Å²) in [7, 11) is 0. The number of amidine groups is 1. The first-order valence-corrected chi connectivity index (χ1v) is 5.70. The number of benzene rings is 1. The van der Waals surface area contributed by atoms with Crippen LogP contribution in [-0.2, 0) is 0 Å². The van der Waals surface area contributed by atoms with E-state index >= 15 is 0 Å². The molecule has 0 saturated heterocycles. The molecule has 0 aliphatic heterocycles. The van der Waals surface area contributed by atoms with Gasteiger partial charge in [-0.3, -0.25) is 0 Å². The third-order valence-electron chi connectivity index (χ3n) is 1.91. The number of oxime groups is 1. The lowest BCUT2D eigenvalue weighted by Gasteiger charge is -2.02. The summed E-state index contributed by atoms with van der Waals surface area (Å²) >= 11 is 0. The van der Waals surface area contributed by atoms with Gasteiger partial charge in [0.05, 0.1) is 0 Å². The molecule has 3 N–H and O–H groups in total. The molecule has 0 aliphatic rings. The molecule has 0 spiro atoms. The number of hydrogen-bond donors (Lipinski definition) is 2. The summed E-state index contributed by atoms with van der Waals surface area (Å²) in [5, 5.41) is 11.3. The number of aryl methyl sites for hydroxylation is 2. The minimum atomic E-state index is 0.151. The van der Waals surface area contributed by atoms with Crippen molar-refractivity contribution in [3.8, 4) is 0 Å². The van der Waals surface area contributed by atoms with E-state index in [4.69, 9.17) is 10.9 Å². The molecule has 0 atom stereocenters. The molecule has 0 radical (unpaired) electrons. The predicted octanol–water partition coefficient (Wildman–Crippen LogP) is 3.45. The average Bonchev–Trinajstić information content (AvgIpc) is 2.36. The maximum atomic E-state index is 8.41. The van der Waals surface area contributed by atoms with Crippen LogP contribution in [0.4, 0.5) is 0 Å². The van der Waals surface area contributed by atoms with Crippen LogP contribution >= 0.6 is 0 Å². The zero-order chi connectivity index (χ0) is 13.1. The third kappa shape index (κ3) is 5.39. The third-order valence-corrected chi connectivity index (χ3v) is 1.91. The van der Waals surface area contributed by atoms with E-state index in [0.29, 0.717) is 0 Å². The van der Waals surface area contributed by atoms with Crippen molar-refractivity contribution < 1.29 is 5.21 Å². The molecule has 1 aromatic rings. The molecule has 0 aromatic heterocycles. The standard InChI is InChI=1S/C9H12N2O.2C2H6/c1-6-3-4-8(5-7(6)2)9(10)11-12;2*1-2/h3-5,12H,1-2H3,(H2,10,11);2*1-2H3. The molecule has 3 nitrogen and oxygen atoms in total. The highest BCUT2D eigenvalue weighted by Gasteiger charge is 1.99. The van der Waals surface area contributed by atoms with Crippen molar-refractivity contribution in [3.05, 3.63) is 34.9 Å². The van der Waals surface area contributed by atoms with Crippen LogP contribution < -0.4 is 5.73 Å². The van der Waals surface area contributed by atoms with Crippen molar-refractivity contribution >= 4 is 5.84 Å². The quantitative estimate of drug-likeness (QED) is 0.332. The molecule has 0 amide bonds. The van der Waals surface area contributed by atoms with Gasteiger partial charge in [0.25, 0.3) is 0 Å². The highest BCUT2D eigenvalue weighted by Crippen LogP contribution is 2.09. The van der Waals surface area contributed by atoms with E-state index in [0.717, 1.165) is 11.1 Å². The second-order valence-electron chi connectivity index (χ2n) is 2.78. The Morgan fingerprint density at radius 1 is 1.06 bits per heavy atom. The Morgan fingerprint density at radius 2 is 1.56 bits per heavy atom. The molecule has 0 unspecified atom stereocenters. The Morgan fingerprint density at radius 3 is 1.94 bits per heavy atom. The van der Waals surface area contributed by atoms with Gasteiger partial charge in [-0.25, -0.2) is 0 Å². The lowest BCUT2D eigenvalue weighted by Crippen LogP contribution is -2.13. The zero-order valence-corrected chi connectivity index (χ0v) is 11.2. The SMILES string of the molecule is CC.CC.Cc1ccc(/C(N)=N/O)cc1C. The van der Waals surface area contributed by atoms with Crippen LogP contribution in [0.1, 0.15) is 44.4 Å². The monoisotopic (exact) mass is 224 g/mol. The van der Waals surface area contributed by atoms with Crippen LogP contribution in [0, 0.1) is 13.8 Å². The Balaban J connectivity index is 0. The van der Waals surface area contributed by atoms with Gasteiger partial charge < -0.3 is 10.9 Å². The van der Waals surface area contributed by atoms with Crippen molar-refractivity contribution in [2.45, 2.75) is 41.5 Å². The zero-order valence-electron chi connectivity index (χ0n) is 11.2. The van der Waals surface area contributed by atoms with Gasteiger partial charge in [0.15, 0.2) is 5.84 Å². The predicted molar refractivity (Wildman–Crippen MR) is 71.1 cm³/mol. The largest absolute Gasteiger partial charge is 0.409 e. The van der Waals surface area contributed by atoms with Crippen LogP contribution in [-0.4, -0.2) is 11.0 Å². The Labute approximate surface area is 99.0 Å². The molecule has 0 fully saturated rings. The molecule has 1 rings (SSSR count). The van der Waals surface area contributed by atoms with Gasteiger partial charge in [0, 0.05) is 5.56 Å². The Kier molecular flexibility index (Phi) is 10.6. The molecule has 92 valence electrons. The van der Waals surface area contributed by atoms with Gasteiger partial charge in [0.1, 0.15) is 0 Å². The first kappa shape index (κ1) is 16.9. The summed E-state index contributed by atoms with van der Waals surface area (Å²) in [4.78, 5) is 0. The minimum absolute atomic E-state index is 0.151. The fourth-order valence-corrected chi connectivity index (χ4v) is 0.958. The summed E-state index contributed by atoms with van der Waals surface area (Å²) in [6.07, 6.45) is 0. The molecular formula is C13H24N2O. The smallest absolute Gasteiger partial charge is 0.170 e. The highest BCUT2D eigenvalue weighted by molar-refractivity contribution is 5.97. The lowest BCUT2D eigenvalue weighted by atomic mass is 10.1.